The number of carbonyl (C=O) groups excluding carboxylic acids is 2. The SMILES string of the molecule is CC(OC(=O)[C@H](Cc1c[nH]c2ccccc12)NC(=O)OCc1ccccc1)c1ccccc1. The summed E-state index contributed by atoms with van der Waals surface area (Å²) in [4.78, 5) is 28.8. The summed E-state index contributed by atoms with van der Waals surface area (Å²) in [6.07, 6.45) is 0.993. The monoisotopic (exact) mass is 442 g/mol. The molecule has 0 radical (unpaired) electrons. The van der Waals surface area contributed by atoms with Crippen LogP contribution in [-0.2, 0) is 27.3 Å². The number of carbonyl (C=O) groups is 2. The second kappa shape index (κ2) is 10.5. The van der Waals surface area contributed by atoms with E-state index in [1.54, 1.807) is 0 Å². The molecular formula is C27H26N2O4. The number of aromatic nitrogens is 1. The van der Waals surface area contributed by atoms with Crippen LogP contribution in [0.1, 0.15) is 29.7 Å². The van der Waals surface area contributed by atoms with E-state index in [-0.39, 0.29) is 13.0 Å². The second-order valence-electron chi connectivity index (χ2n) is 7.81. The molecule has 6 nitrogen and oxygen atoms in total. The molecule has 2 atom stereocenters. The predicted octanol–water partition coefficient (Wildman–Crippen LogP) is 5.31. The molecule has 33 heavy (non-hydrogen) atoms. The van der Waals surface area contributed by atoms with Gasteiger partial charge in [0.25, 0.3) is 0 Å². The van der Waals surface area contributed by atoms with Gasteiger partial charge in [0.1, 0.15) is 18.8 Å². The lowest BCUT2D eigenvalue weighted by atomic mass is 10.0. The number of hydrogen-bond acceptors (Lipinski definition) is 4. The first kappa shape index (κ1) is 22.1. The number of hydrogen-bond donors (Lipinski definition) is 2. The number of para-hydroxylation sites is 1. The summed E-state index contributed by atoms with van der Waals surface area (Å²) >= 11 is 0. The minimum Gasteiger partial charge on any atom is -0.456 e. The van der Waals surface area contributed by atoms with Gasteiger partial charge < -0.3 is 19.8 Å². The zero-order valence-electron chi connectivity index (χ0n) is 18.4. The molecule has 0 saturated heterocycles. The van der Waals surface area contributed by atoms with Gasteiger partial charge in [-0.3, -0.25) is 0 Å². The first-order chi connectivity index (χ1) is 16.1. The number of fused-ring (bicyclic) bond motifs is 1. The van der Waals surface area contributed by atoms with Crippen molar-refractivity contribution in [2.75, 3.05) is 0 Å². The number of rotatable bonds is 8. The molecule has 1 amide bonds. The van der Waals surface area contributed by atoms with Gasteiger partial charge in [-0.15, -0.1) is 0 Å². The van der Waals surface area contributed by atoms with Crippen LogP contribution in [0, 0.1) is 0 Å². The van der Waals surface area contributed by atoms with E-state index < -0.39 is 24.2 Å². The minimum absolute atomic E-state index is 0.113. The standard InChI is InChI=1S/C27H26N2O4/c1-19(21-12-6-3-7-13-21)33-26(30)25(16-22-17-28-24-15-9-8-14-23(22)24)29-27(31)32-18-20-10-4-2-5-11-20/h2-15,17,19,25,28H,16,18H2,1H3,(H,29,31)/t19?,25-/m0/s1. The number of ether oxygens (including phenoxy) is 2. The molecule has 3 aromatic carbocycles. The van der Waals surface area contributed by atoms with Crippen molar-refractivity contribution in [1.29, 1.82) is 0 Å². The van der Waals surface area contributed by atoms with Crippen LogP contribution in [0.4, 0.5) is 4.79 Å². The lowest BCUT2D eigenvalue weighted by Gasteiger charge is -2.21. The molecule has 4 aromatic rings. The molecule has 0 aliphatic heterocycles. The van der Waals surface area contributed by atoms with Gasteiger partial charge >= 0.3 is 12.1 Å². The topological polar surface area (TPSA) is 80.4 Å². The van der Waals surface area contributed by atoms with E-state index in [4.69, 9.17) is 9.47 Å². The van der Waals surface area contributed by atoms with Crippen molar-refractivity contribution in [1.82, 2.24) is 10.3 Å². The second-order valence-corrected chi connectivity index (χ2v) is 7.81. The van der Waals surface area contributed by atoms with E-state index in [0.717, 1.165) is 27.6 Å². The summed E-state index contributed by atoms with van der Waals surface area (Å²) in [5.74, 6) is -0.520. The summed E-state index contributed by atoms with van der Waals surface area (Å²) in [6.45, 7) is 1.92. The van der Waals surface area contributed by atoms with Gasteiger partial charge in [0.15, 0.2) is 0 Å². The zero-order valence-corrected chi connectivity index (χ0v) is 18.4. The van der Waals surface area contributed by atoms with Gasteiger partial charge in [-0.05, 0) is 29.7 Å². The third-order valence-corrected chi connectivity index (χ3v) is 5.45. The maximum absolute atomic E-state index is 13.1. The highest BCUT2D eigenvalue weighted by atomic mass is 16.6. The van der Waals surface area contributed by atoms with Gasteiger partial charge in [-0.2, -0.15) is 0 Å². The maximum Gasteiger partial charge on any atom is 0.408 e. The summed E-state index contributed by atoms with van der Waals surface area (Å²) in [7, 11) is 0. The molecule has 0 saturated carbocycles. The molecule has 0 fully saturated rings. The van der Waals surface area contributed by atoms with Crippen molar-refractivity contribution < 1.29 is 19.1 Å². The summed E-state index contributed by atoms with van der Waals surface area (Å²) in [6, 6.07) is 25.8. The largest absolute Gasteiger partial charge is 0.456 e. The molecular weight excluding hydrogens is 416 g/mol. The fourth-order valence-electron chi connectivity index (χ4n) is 3.67. The summed E-state index contributed by atoms with van der Waals surface area (Å²) in [5, 5.41) is 3.69. The van der Waals surface area contributed by atoms with Crippen LogP contribution < -0.4 is 5.32 Å². The van der Waals surface area contributed by atoms with Crippen molar-refractivity contribution >= 4 is 23.0 Å². The zero-order chi connectivity index (χ0) is 23.0. The Morgan fingerprint density at radius 3 is 2.33 bits per heavy atom. The summed E-state index contributed by atoms with van der Waals surface area (Å²) < 4.78 is 11.0. The number of esters is 1. The fourth-order valence-corrected chi connectivity index (χ4v) is 3.67. The molecule has 1 heterocycles. The maximum atomic E-state index is 13.1. The van der Waals surface area contributed by atoms with E-state index in [1.165, 1.54) is 0 Å². The molecule has 168 valence electrons. The Balaban J connectivity index is 1.48. The van der Waals surface area contributed by atoms with Gasteiger partial charge in [-0.1, -0.05) is 78.9 Å². The average molecular weight is 443 g/mol. The van der Waals surface area contributed by atoms with E-state index in [9.17, 15) is 9.59 Å². The van der Waals surface area contributed by atoms with Crippen molar-refractivity contribution in [3.05, 3.63) is 108 Å². The number of alkyl carbamates (subject to hydrolysis) is 1. The van der Waals surface area contributed by atoms with Crippen LogP contribution in [0.5, 0.6) is 0 Å². The van der Waals surface area contributed by atoms with Crippen LogP contribution >= 0.6 is 0 Å². The molecule has 1 aromatic heterocycles. The highest BCUT2D eigenvalue weighted by molar-refractivity contribution is 5.86. The minimum atomic E-state index is -0.904. The number of benzene rings is 3. The molecule has 0 aliphatic carbocycles. The number of aromatic amines is 1. The van der Waals surface area contributed by atoms with Crippen molar-refractivity contribution in [3.8, 4) is 0 Å². The number of amides is 1. The summed E-state index contributed by atoms with van der Waals surface area (Å²) in [5.41, 5.74) is 3.61. The van der Waals surface area contributed by atoms with Crippen LogP contribution in [0.15, 0.2) is 91.1 Å². The van der Waals surface area contributed by atoms with E-state index in [0.29, 0.717) is 0 Å². The third-order valence-electron chi connectivity index (χ3n) is 5.45. The van der Waals surface area contributed by atoms with Crippen molar-refractivity contribution in [2.45, 2.75) is 32.1 Å². The number of H-pyrrole nitrogens is 1. The van der Waals surface area contributed by atoms with Crippen molar-refractivity contribution in [2.24, 2.45) is 0 Å². The molecule has 6 heteroatoms. The molecule has 4 rings (SSSR count). The van der Waals surface area contributed by atoms with Gasteiger partial charge in [-0.25, -0.2) is 9.59 Å². The first-order valence-corrected chi connectivity index (χ1v) is 10.9. The predicted molar refractivity (Wildman–Crippen MR) is 127 cm³/mol. The highest BCUT2D eigenvalue weighted by Crippen LogP contribution is 2.21. The molecule has 0 aliphatic rings. The Bertz CT molecular complexity index is 1200. The lowest BCUT2D eigenvalue weighted by Crippen LogP contribution is -2.43. The normalized spacial score (nSPS) is 12.6. The van der Waals surface area contributed by atoms with Crippen LogP contribution in [0.25, 0.3) is 10.9 Å². The van der Waals surface area contributed by atoms with Gasteiger partial charge in [0, 0.05) is 23.5 Å². The van der Waals surface area contributed by atoms with E-state index in [1.807, 2.05) is 98.0 Å². The first-order valence-electron chi connectivity index (χ1n) is 10.9. The molecule has 2 N–H and O–H groups in total. The van der Waals surface area contributed by atoms with E-state index >= 15 is 0 Å². The third kappa shape index (κ3) is 5.80. The Morgan fingerprint density at radius 2 is 1.58 bits per heavy atom. The Hall–Kier alpha value is -4.06. The van der Waals surface area contributed by atoms with Crippen molar-refractivity contribution in [3.63, 3.8) is 0 Å². The molecule has 0 bridgehead atoms. The number of nitrogens with one attached hydrogen (secondary N) is 2. The Morgan fingerprint density at radius 1 is 0.909 bits per heavy atom. The average Bonchev–Trinajstić information content (AvgIpc) is 3.26. The molecule has 0 spiro atoms. The Labute approximate surface area is 192 Å². The quantitative estimate of drug-likeness (QED) is 0.363. The van der Waals surface area contributed by atoms with Gasteiger partial charge in [0.05, 0.1) is 0 Å². The Kier molecular flexibility index (Phi) is 7.05. The lowest BCUT2D eigenvalue weighted by molar-refractivity contribution is -0.151. The van der Waals surface area contributed by atoms with Gasteiger partial charge in [0.2, 0.25) is 0 Å². The van der Waals surface area contributed by atoms with Crippen LogP contribution in [0.2, 0.25) is 0 Å². The van der Waals surface area contributed by atoms with Crippen LogP contribution in [-0.4, -0.2) is 23.1 Å². The van der Waals surface area contributed by atoms with E-state index in [2.05, 4.69) is 10.3 Å². The highest BCUT2D eigenvalue weighted by Gasteiger charge is 2.26. The fraction of sp³-hybridized carbons (Fsp3) is 0.185. The smallest absolute Gasteiger partial charge is 0.408 e. The van der Waals surface area contributed by atoms with Crippen LogP contribution in [0.3, 0.4) is 0 Å². The molecule has 1 unspecified atom stereocenters.